The fourth-order valence-electron chi connectivity index (χ4n) is 3.24. The summed E-state index contributed by atoms with van der Waals surface area (Å²) in [6.07, 6.45) is 6.67. The zero-order valence-electron chi connectivity index (χ0n) is 11.2. The summed E-state index contributed by atoms with van der Waals surface area (Å²) in [5.74, 6) is 2.06. The third-order valence-corrected chi connectivity index (χ3v) is 5.24. The van der Waals surface area contributed by atoms with Crippen molar-refractivity contribution < 1.29 is 4.79 Å². The molecule has 0 spiro atoms. The standard InChI is InChI=1S/C15H22N2OS/c18-15(14-6-2-9-19-14)17-8-3-7-16-13-5-1-4-11-10-12(11)13/h2,6,9,11-13,16H,1,3-5,7-8,10H2,(H,17,18)/t11-,12+,13?/m1/s1. The molecule has 1 aromatic heterocycles. The van der Waals surface area contributed by atoms with Gasteiger partial charge >= 0.3 is 0 Å². The van der Waals surface area contributed by atoms with Crippen LogP contribution in [0.25, 0.3) is 0 Å². The lowest BCUT2D eigenvalue weighted by Gasteiger charge is -2.22. The average Bonchev–Trinajstić information content (AvgIpc) is 3.02. The number of amides is 1. The molecule has 1 amide bonds. The third-order valence-electron chi connectivity index (χ3n) is 4.37. The van der Waals surface area contributed by atoms with Crippen molar-refractivity contribution in [2.75, 3.05) is 13.1 Å². The largest absolute Gasteiger partial charge is 0.351 e. The van der Waals surface area contributed by atoms with Gasteiger partial charge in [0.1, 0.15) is 0 Å². The first kappa shape index (κ1) is 13.1. The SMILES string of the molecule is O=C(NCCCNC1CCC[C@@H]2C[C@H]12)c1cccs1. The summed E-state index contributed by atoms with van der Waals surface area (Å²) in [6, 6.07) is 4.54. The van der Waals surface area contributed by atoms with Gasteiger partial charge < -0.3 is 10.6 Å². The van der Waals surface area contributed by atoms with Crippen LogP contribution in [0.3, 0.4) is 0 Å². The van der Waals surface area contributed by atoms with Gasteiger partial charge in [0.2, 0.25) is 0 Å². The second-order valence-corrected chi connectivity index (χ2v) is 6.69. The molecule has 2 aliphatic rings. The molecule has 0 aromatic carbocycles. The molecule has 3 atom stereocenters. The van der Waals surface area contributed by atoms with Crippen molar-refractivity contribution in [1.29, 1.82) is 0 Å². The van der Waals surface area contributed by atoms with E-state index in [9.17, 15) is 4.79 Å². The first-order valence-electron chi connectivity index (χ1n) is 7.39. The molecule has 0 bridgehead atoms. The summed E-state index contributed by atoms with van der Waals surface area (Å²) in [7, 11) is 0. The lowest BCUT2D eigenvalue weighted by molar-refractivity contribution is 0.0957. The lowest BCUT2D eigenvalue weighted by atomic mass is 9.95. The summed E-state index contributed by atoms with van der Waals surface area (Å²) in [5, 5.41) is 8.58. The Morgan fingerprint density at radius 3 is 3.16 bits per heavy atom. The van der Waals surface area contributed by atoms with Gasteiger partial charge in [-0.2, -0.15) is 0 Å². The van der Waals surface area contributed by atoms with Crippen molar-refractivity contribution in [2.45, 2.75) is 38.1 Å². The van der Waals surface area contributed by atoms with Gasteiger partial charge in [-0.05, 0) is 49.1 Å². The van der Waals surface area contributed by atoms with E-state index in [1.165, 1.54) is 37.0 Å². The van der Waals surface area contributed by atoms with E-state index in [0.717, 1.165) is 42.3 Å². The smallest absolute Gasteiger partial charge is 0.261 e. The summed E-state index contributed by atoms with van der Waals surface area (Å²) in [4.78, 5) is 12.5. The summed E-state index contributed by atoms with van der Waals surface area (Å²) < 4.78 is 0. The molecule has 0 aliphatic heterocycles. The van der Waals surface area contributed by atoms with Crippen molar-refractivity contribution in [1.82, 2.24) is 10.6 Å². The van der Waals surface area contributed by atoms with Crippen LogP contribution in [0.15, 0.2) is 17.5 Å². The molecule has 1 heterocycles. The Kier molecular flexibility index (Phi) is 4.18. The monoisotopic (exact) mass is 278 g/mol. The molecule has 2 N–H and O–H groups in total. The number of carbonyl (C=O) groups is 1. The van der Waals surface area contributed by atoms with E-state index in [2.05, 4.69) is 10.6 Å². The number of carbonyl (C=O) groups excluding carboxylic acids is 1. The normalized spacial score (nSPS) is 28.7. The highest BCUT2D eigenvalue weighted by molar-refractivity contribution is 7.12. The molecule has 2 saturated carbocycles. The minimum Gasteiger partial charge on any atom is -0.351 e. The maximum absolute atomic E-state index is 11.7. The molecule has 19 heavy (non-hydrogen) atoms. The van der Waals surface area contributed by atoms with Gasteiger partial charge in [0.05, 0.1) is 4.88 Å². The van der Waals surface area contributed by atoms with Crippen LogP contribution in [0.4, 0.5) is 0 Å². The Bertz CT molecular complexity index is 418. The van der Waals surface area contributed by atoms with E-state index in [1.54, 1.807) is 0 Å². The van der Waals surface area contributed by atoms with Gasteiger partial charge in [-0.25, -0.2) is 0 Å². The number of nitrogens with one attached hydrogen (secondary N) is 2. The van der Waals surface area contributed by atoms with Crippen molar-refractivity contribution in [3.8, 4) is 0 Å². The van der Waals surface area contributed by atoms with E-state index in [0.29, 0.717) is 0 Å². The maximum atomic E-state index is 11.7. The highest BCUT2D eigenvalue weighted by Crippen LogP contribution is 2.49. The summed E-state index contributed by atoms with van der Waals surface area (Å²) in [6.45, 7) is 1.79. The Labute approximate surface area is 118 Å². The van der Waals surface area contributed by atoms with Crippen LogP contribution in [-0.2, 0) is 0 Å². The van der Waals surface area contributed by atoms with Crippen LogP contribution in [0.5, 0.6) is 0 Å². The van der Waals surface area contributed by atoms with Crippen molar-refractivity contribution in [3.63, 3.8) is 0 Å². The van der Waals surface area contributed by atoms with E-state index in [1.807, 2.05) is 17.5 Å². The first-order valence-corrected chi connectivity index (χ1v) is 8.27. The van der Waals surface area contributed by atoms with Crippen LogP contribution < -0.4 is 10.6 Å². The van der Waals surface area contributed by atoms with Gasteiger partial charge in [-0.15, -0.1) is 11.3 Å². The Morgan fingerprint density at radius 2 is 2.32 bits per heavy atom. The molecule has 0 saturated heterocycles. The fraction of sp³-hybridized carbons (Fsp3) is 0.667. The molecular weight excluding hydrogens is 256 g/mol. The Balaban J connectivity index is 1.28. The van der Waals surface area contributed by atoms with Crippen molar-refractivity contribution in [3.05, 3.63) is 22.4 Å². The first-order chi connectivity index (χ1) is 9.34. The highest BCUT2D eigenvalue weighted by atomic mass is 32.1. The lowest BCUT2D eigenvalue weighted by Crippen LogP contribution is -2.35. The molecule has 2 aliphatic carbocycles. The van der Waals surface area contributed by atoms with Gasteiger partial charge in [-0.3, -0.25) is 4.79 Å². The highest BCUT2D eigenvalue weighted by Gasteiger charge is 2.44. The maximum Gasteiger partial charge on any atom is 0.261 e. The van der Waals surface area contributed by atoms with E-state index in [4.69, 9.17) is 0 Å². The van der Waals surface area contributed by atoms with Crippen LogP contribution in [-0.4, -0.2) is 25.0 Å². The second-order valence-electron chi connectivity index (χ2n) is 5.74. The minimum atomic E-state index is 0.0647. The van der Waals surface area contributed by atoms with Gasteiger partial charge in [0, 0.05) is 12.6 Å². The summed E-state index contributed by atoms with van der Waals surface area (Å²) >= 11 is 1.50. The number of fused-ring (bicyclic) bond motifs is 1. The fourth-order valence-corrected chi connectivity index (χ4v) is 3.88. The van der Waals surface area contributed by atoms with Crippen molar-refractivity contribution in [2.24, 2.45) is 11.8 Å². The quantitative estimate of drug-likeness (QED) is 0.786. The molecule has 0 radical (unpaired) electrons. The van der Waals surface area contributed by atoms with Crippen LogP contribution in [0.1, 0.15) is 41.8 Å². The molecule has 2 fully saturated rings. The van der Waals surface area contributed by atoms with Crippen LogP contribution >= 0.6 is 11.3 Å². The zero-order valence-corrected chi connectivity index (χ0v) is 12.0. The molecule has 1 unspecified atom stereocenters. The van der Waals surface area contributed by atoms with E-state index < -0.39 is 0 Å². The Hall–Kier alpha value is -0.870. The molecule has 104 valence electrons. The predicted octanol–water partition coefficient (Wildman–Crippen LogP) is 2.65. The molecular formula is C15H22N2OS. The molecule has 4 heteroatoms. The summed E-state index contributed by atoms with van der Waals surface area (Å²) in [5.41, 5.74) is 0. The topological polar surface area (TPSA) is 41.1 Å². The van der Waals surface area contributed by atoms with E-state index >= 15 is 0 Å². The van der Waals surface area contributed by atoms with E-state index in [-0.39, 0.29) is 5.91 Å². The third kappa shape index (κ3) is 3.37. The molecule has 1 aromatic rings. The number of thiophene rings is 1. The zero-order chi connectivity index (χ0) is 13.1. The average molecular weight is 278 g/mol. The molecule has 3 rings (SSSR count). The predicted molar refractivity (Wildman–Crippen MR) is 78.5 cm³/mol. The molecule has 3 nitrogen and oxygen atoms in total. The Morgan fingerprint density at radius 1 is 1.37 bits per heavy atom. The van der Waals surface area contributed by atoms with Crippen LogP contribution in [0, 0.1) is 11.8 Å². The second kappa shape index (κ2) is 6.06. The minimum absolute atomic E-state index is 0.0647. The van der Waals surface area contributed by atoms with Gasteiger partial charge in [0.15, 0.2) is 0 Å². The van der Waals surface area contributed by atoms with Crippen LogP contribution in [0.2, 0.25) is 0 Å². The number of rotatable bonds is 6. The number of hydrogen-bond acceptors (Lipinski definition) is 3. The van der Waals surface area contributed by atoms with Gasteiger partial charge in [-0.1, -0.05) is 18.9 Å². The van der Waals surface area contributed by atoms with Gasteiger partial charge in [0.25, 0.3) is 5.91 Å². The number of hydrogen-bond donors (Lipinski definition) is 2. The van der Waals surface area contributed by atoms with Crippen molar-refractivity contribution >= 4 is 17.2 Å².